The molecule has 0 spiro atoms. The Labute approximate surface area is 114 Å². The highest BCUT2D eigenvalue weighted by molar-refractivity contribution is 5.82. The number of nitrogens with zero attached hydrogens (tertiary/aromatic N) is 1. The summed E-state index contributed by atoms with van der Waals surface area (Å²) in [6, 6.07) is 9.43. The number of benzene rings is 1. The van der Waals surface area contributed by atoms with E-state index in [9.17, 15) is 14.7 Å². The molecule has 0 saturated heterocycles. The quantitative estimate of drug-likeness (QED) is 0.732. The third-order valence-electron chi connectivity index (χ3n) is 3.46. The maximum atomic E-state index is 11.7. The average molecular weight is 263 g/mol. The highest BCUT2D eigenvalue weighted by Gasteiger charge is 2.42. The molecule has 1 atom stereocenters. The number of aliphatic carboxylic acids is 1. The summed E-state index contributed by atoms with van der Waals surface area (Å²) in [6.45, 7) is 4.20. The van der Waals surface area contributed by atoms with Crippen molar-refractivity contribution in [3.05, 3.63) is 35.9 Å². The fourth-order valence-electron chi connectivity index (χ4n) is 2.32. The maximum Gasteiger partial charge on any atom is 0.329 e. The van der Waals surface area contributed by atoms with Gasteiger partial charge in [0.2, 0.25) is 6.41 Å². The van der Waals surface area contributed by atoms with Gasteiger partial charge in [-0.25, -0.2) is 4.79 Å². The molecule has 0 aliphatic heterocycles. The summed E-state index contributed by atoms with van der Waals surface area (Å²) in [5.41, 5.74) is -0.228. The van der Waals surface area contributed by atoms with Crippen molar-refractivity contribution in [3.63, 3.8) is 0 Å². The second-order valence-corrected chi connectivity index (χ2v) is 4.65. The van der Waals surface area contributed by atoms with E-state index >= 15 is 0 Å². The Bertz CT molecular complexity index is 419. The summed E-state index contributed by atoms with van der Waals surface area (Å²) < 4.78 is 0. The van der Waals surface area contributed by atoms with Crippen LogP contribution >= 0.6 is 0 Å². The zero-order valence-electron chi connectivity index (χ0n) is 11.5. The van der Waals surface area contributed by atoms with Crippen molar-refractivity contribution < 1.29 is 14.7 Å². The third-order valence-corrected chi connectivity index (χ3v) is 3.46. The number of hydrogen-bond donors (Lipinski definition) is 1. The lowest BCUT2D eigenvalue weighted by atomic mass is 9.86. The number of carbonyl (C=O) groups excluding carboxylic acids is 1. The zero-order valence-corrected chi connectivity index (χ0v) is 11.5. The SMILES string of the molecule is CCCN(C=O)C(CC)(Cc1ccccc1)C(=O)O. The first-order valence-electron chi connectivity index (χ1n) is 6.60. The predicted molar refractivity (Wildman–Crippen MR) is 73.9 cm³/mol. The first-order chi connectivity index (χ1) is 9.10. The van der Waals surface area contributed by atoms with Gasteiger partial charge in [-0.1, -0.05) is 44.2 Å². The van der Waals surface area contributed by atoms with Gasteiger partial charge in [0, 0.05) is 13.0 Å². The lowest BCUT2D eigenvalue weighted by molar-refractivity contribution is -0.155. The van der Waals surface area contributed by atoms with Crippen LogP contribution in [0.2, 0.25) is 0 Å². The largest absolute Gasteiger partial charge is 0.479 e. The Morgan fingerprint density at radius 3 is 2.37 bits per heavy atom. The van der Waals surface area contributed by atoms with Gasteiger partial charge in [-0.05, 0) is 18.4 Å². The van der Waals surface area contributed by atoms with E-state index < -0.39 is 11.5 Å². The fourth-order valence-corrected chi connectivity index (χ4v) is 2.32. The van der Waals surface area contributed by atoms with E-state index in [1.165, 1.54) is 4.90 Å². The van der Waals surface area contributed by atoms with Crippen LogP contribution in [-0.4, -0.2) is 34.5 Å². The van der Waals surface area contributed by atoms with Crippen LogP contribution in [0.25, 0.3) is 0 Å². The predicted octanol–water partition coefficient (Wildman–Crippen LogP) is 2.33. The molecule has 1 N–H and O–H groups in total. The van der Waals surface area contributed by atoms with Crippen LogP contribution in [0.3, 0.4) is 0 Å². The van der Waals surface area contributed by atoms with Crippen molar-refractivity contribution in [2.75, 3.05) is 6.54 Å². The number of carboxylic acids is 1. The Balaban J connectivity index is 3.11. The lowest BCUT2D eigenvalue weighted by Crippen LogP contribution is -2.55. The molecule has 1 amide bonds. The standard InChI is InChI=1S/C15H21NO3/c1-3-10-16(12-17)15(4-2,14(18)19)11-13-8-6-5-7-9-13/h5-9,12H,3-4,10-11H2,1-2H3,(H,18,19). The highest BCUT2D eigenvalue weighted by Crippen LogP contribution is 2.25. The zero-order chi connectivity index (χ0) is 14.3. The van der Waals surface area contributed by atoms with Crippen molar-refractivity contribution in [2.24, 2.45) is 0 Å². The minimum absolute atomic E-state index is 0.332. The molecule has 0 radical (unpaired) electrons. The Morgan fingerprint density at radius 2 is 1.95 bits per heavy atom. The van der Waals surface area contributed by atoms with Crippen LogP contribution in [0.15, 0.2) is 30.3 Å². The van der Waals surface area contributed by atoms with Gasteiger partial charge in [0.05, 0.1) is 0 Å². The van der Waals surface area contributed by atoms with E-state index in [0.717, 1.165) is 12.0 Å². The Hall–Kier alpha value is -1.84. The van der Waals surface area contributed by atoms with Gasteiger partial charge in [0.25, 0.3) is 0 Å². The van der Waals surface area contributed by atoms with Gasteiger partial charge in [0.1, 0.15) is 5.54 Å². The van der Waals surface area contributed by atoms with E-state index in [0.29, 0.717) is 25.8 Å². The Kier molecular flexibility index (Phi) is 5.55. The van der Waals surface area contributed by atoms with Crippen LogP contribution in [0.1, 0.15) is 32.3 Å². The molecule has 1 aromatic carbocycles. The number of rotatable bonds is 8. The monoisotopic (exact) mass is 263 g/mol. The smallest absolute Gasteiger partial charge is 0.329 e. The first kappa shape index (κ1) is 15.2. The van der Waals surface area contributed by atoms with Gasteiger partial charge >= 0.3 is 5.97 Å². The molecule has 0 fully saturated rings. The van der Waals surface area contributed by atoms with Crippen molar-refractivity contribution in [2.45, 2.75) is 38.6 Å². The lowest BCUT2D eigenvalue weighted by Gasteiger charge is -2.37. The molecule has 19 heavy (non-hydrogen) atoms. The van der Waals surface area contributed by atoms with Gasteiger partial charge in [-0.3, -0.25) is 4.79 Å². The summed E-state index contributed by atoms with van der Waals surface area (Å²) >= 11 is 0. The van der Waals surface area contributed by atoms with Crippen molar-refractivity contribution >= 4 is 12.4 Å². The molecule has 0 aliphatic rings. The molecule has 0 aromatic heterocycles. The van der Waals surface area contributed by atoms with E-state index in [2.05, 4.69) is 0 Å². The summed E-state index contributed by atoms with van der Waals surface area (Å²) in [5, 5.41) is 9.61. The van der Waals surface area contributed by atoms with Crippen LogP contribution < -0.4 is 0 Å². The molecule has 104 valence electrons. The fraction of sp³-hybridized carbons (Fsp3) is 0.467. The summed E-state index contributed by atoms with van der Waals surface area (Å²) in [7, 11) is 0. The van der Waals surface area contributed by atoms with E-state index in [1.54, 1.807) is 0 Å². The van der Waals surface area contributed by atoms with Gasteiger partial charge in [0.15, 0.2) is 0 Å². The van der Waals surface area contributed by atoms with Crippen LogP contribution in [0.4, 0.5) is 0 Å². The number of amides is 1. The Morgan fingerprint density at radius 1 is 1.32 bits per heavy atom. The van der Waals surface area contributed by atoms with Crippen molar-refractivity contribution in [1.82, 2.24) is 4.90 Å². The summed E-state index contributed by atoms with van der Waals surface area (Å²) in [5.74, 6) is -0.945. The molecule has 0 bridgehead atoms. The molecule has 4 heteroatoms. The molecule has 4 nitrogen and oxygen atoms in total. The van der Waals surface area contributed by atoms with E-state index in [4.69, 9.17) is 0 Å². The van der Waals surface area contributed by atoms with Crippen molar-refractivity contribution in [3.8, 4) is 0 Å². The van der Waals surface area contributed by atoms with Crippen LogP contribution in [0.5, 0.6) is 0 Å². The molecule has 1 rings (SSSR count). The minimum Gasteiger partial charge on any atom is -0.479 e. The molecular formula is C15H21NO3. The van der Waals surface area contributed by atoms with E-state index in [1.807, 2.05) is 44.2 Å². The molecule has 0 heterocycles. The molecular weight excluding hydrogens is 242 g/mol. The topological polar surface area (TPSA) is 57.6 Å². The average Bonchev–Trinajstić information content (AvgIpc) is 2.43. The first-order valence-corrected chi connectivity index (χ1v) is 6.60. The van der Waals surface area contributed by atoms with Gasteiger partial charge in [-0.2, -0.15) is 0 Å². The van der Waals surface area contributed by atoms with Gasteiger partial charge < -0.3 is 10.0 Å². The highest BCUT2D eigenvalue weighted by atomic mass is 16.4. The van der Waals surface area contributed by atoms with E-state index in [-0.39, 0.29) is 0 Å². The second kappa shape index (κ2) is 6.92. The summed E-state index contributed by atoms with van der Waals surface area (Å²) in [6.07, 6.45) is 2.11. The minimum atomic E-state index is -1.15. The molecule has 0 saturated carbocycles. The van der Waals surface area contributed by atoms with Crippen LogP contribution in [0, 0.1) is 0 Å². The van der Waals surface area contributed by atoms with Crippen molar-refractivity contribution in [1.29, 1.82) is 0 Å². The summed E-state index contributed by atoms with van der Waals surface area (Å²) in [4.78, 5) is 24.4. The molecule has 1 unspecified atom stereocenters. The maximum absolute atomic E-state index is 11.7. The van der Waals surface area contributed by atoms with Gasteiger partial charge in [-0.15, -0.1) is 0 Å². The molecule has 0 aliphatic carbocycles. The second-order valence-electron chi connectivity index (χ2n) is 4.65. The normalized spacial score (nSPS) is 13.6. The number of carboxylic acid groups (broad SMARTS) is 1. The molecule has 1 aromatic rings. The number of hydrogen-bond acceptors (Lipinski definition) is 2. The third kappa shape index (κ3) is 3.34. The number of carbonyl (C=O) groups is 2. The van der Waals surface area contributed by atoms with Crippen LogP contribution in [-0.2, 0) is 16.0 Å².